The summed E-state index contributed by atoms with van der Waals surface area (Å²) in [6.07, 6.45) is 6.12. The molecule has 0 aromatic rings. The fraction of sp³-hybridized carbons (Fsp3) is 1.00. The maximum Gasteiger partial charge on any atom is 0.188 e. The largest absolute Gasteiger partial charge is 0.432 e. The molecule has 0 bridgehead atoms. The summed E-state index contributed by atoms with van der Waals surface area (Å²) in [5.41, 5.74) is 0. The monoisotopic (exact) mass is 264 g/mol. The number of hydrogen-bond acceptors (Lipinski definition) is 1. The summed E-state index contributed by atoms with van der Waals surface area (Å²) >= 11 is 6.04. The van der Waals surface area contributed by atoms with Crippen molar-refractivity contribution in [2.75, 3.05) is 5.88 Å². The summed E-state index contributed by atoms with van der Waals surface area (Å²) in [6, 6.07) is 0. The number of alkyl halides is 1. The second kappa shape index (κ2) is 7.02. The standard InChI is InChI=1S/C13H29ClOSi/c1-6-7-8-9-12(11-14)10-13(2,3)16(4,5)15/h12,15H,6-11H2,1-5H3/t12-/m1/s1. The van der Waals surface area contributed by atoms with Gasteiger partial charge in [0.2, 0.25) is 0 Å². The van der Waals surface area contributed by atoms with Crippen molar-refractivity contribution in [2.45, 2.75) is 71.0 Å². The highest BCUT2D eigenvalue weighted by Gasteiger charge is 2.39. The third-order valence-corrected chi connectivity index (χ3v) is 7.84. The summed E-state index contributed by atoms with van der Waals surface area (Å²) in [5.74, 6) is 1.31. The molecule has 98 valence electrons. The van der Waals surface area contributed by atoms with E-state index in [9.17, 15) is 4.80 Å². The Morgan fingerprint density at radius 1 is 1.25 bits per heavy atom. The zero-order chi connectivity index (χ0) is 12.8. The van der Waals surface area contributed by atoms with Crippen LogP contribution in [0.4, 0.5) is 0 Å². The average molecular weight is 265 g/mol. The lowest BCUT2D eigenvalue weighted by molar-refractivity contribution is 0.371. The van der Waals surface area contributed by atoms with Crippen LogP contribution in [0.25, 0.3) is 0 Å². The van der Waals surface area contributed by atoms with Crippen LogP contribution in [0.1, 0.15) is 52.9 Å². The van der Waals surface area contributed by atoms with E-state index in [4.69, 9.17) is 11.6 Å². The second-order valence-electron chi connectivity index (χ2n) is 6.16. The van der Waals surface area contributed by atoms with Crippen LogP contribution in [0, 0.1) is 5.92 Å². The molecule has 0 fully saturated rings. The summed E-state index contributed by atoms with van der Waals surface area (Å²) in [6.45, 7) is 10.7. The van der Waals surface area contributed by atoms with Gasteiger partial charge in [0.05, 0.1) is 0 Å². The lowest BCUT2D eigenvalue weighted by Gasteiger charge is -2.37. The van der Waals surface area contributed by atoms with Crippen molar-refractivity contribution < 1.29 is 4.80 Å². The van der Waals surface area contributed by atoms with Gasteiger partial charge in [-0.3, -0.25) is 0 Å². The van der Waals surface area contributed by atoms with Crippen LogP contribution in [0.15, 0.2) is 0 Å². The second-order valence-corrected chi connectivity index (χ2v) is 10.9. The fourth-order valence-electron chi connectivity index (χ4n) is 1.89. The minimum absolute atomic E-state index is 0.0682. The highest BCUT2D eigenvalue weighted by molar-refractivity contribution is 6.72. The zero-order valence-corrected chi connectivity index (χ0v) is 13.4. The molecule has 0 rings (SSSR count). The van der Waals surface area contributed by atoms with Crippen molar-refractivity contribution in [3.63, 3.8) is 0 Å². The fourth-order valence-corrected chi connectivity index (χ4v) is 2.94. The van der Waals surface area contributed by atoms with E-state index in [-0.39, 0.29) is 5.04 Å². The van der Waals surface area contributed by atoms with E-state index < -0.39 is 8.32 Å². The number of halogens is 1. The quantitative estimate of drug-likeness (QED) is 0.380. The summed E-state index contributed by atoms with van der Waals surface area (Å²) < 4.78 is 0. The summed E-state index contributed by atoms with van der Waals surface area (Å²) in [5, 5.41) is 0.0682. The normalized spacial score (nSPS) is 15.2. The van der Waals surface area contributed by atoms with Gasteiger partial charge in [0, 0.05) is 5.88 Å². The van der Waals surface area contributed by atoms with E-state index in [1.54, 1.807) is 0 Å². The average Bonchev–Trinajstić information content (AvgIpc) is 2.14. The molecule has 16 heavy (non-hydrogen) atoms. The van der Waals surface area contributed by atoms with Crippen LogP contribution in [-0.2, 0) is 0 Å². The first kappa shape index (κ1) is 16.5. The van der Waals surface area contributed by atoms with Gasteiger partial charge in [0.15, 0.2) is 8.32 Å². The van der Waals surface area contributed by atoms with Crippen molar-refractivity contribution in [2.24, 2.45) is 5.92 Å². The Bertz CT molecular complexity index is 187. The third kappa shape index (κ3) is 5.69. The molecule has 0 heterocycles. The summed E-state index contributed by atoms with van der Waals surface area (Å²) in [7, 11) is -2.07. The van der Waals surface area contributed by atoms with Crippen LogP contribution in [0.5, 0.6) is 0 Å². The van der Waals surface area contributed by atoms with Crippen LogP contribution >= 0.6 is 11.6 Å². The van der Waals surface area contributed by atoms with E-state index in [0.717, 1.165) is 12.3 Å². The first-order valence-corrected chi connectivity index (χ1v) is 10.0. The van der Waals surface area contributed by atoms with Gasteiger partial charge in [-0.05, 0) is 36.9 Å². The minimum Gasteiger partial charge on any atom is -0.432 e. The molecule has 0 radical (unpaired) electrons. The Labute approximate surface area is 108 Å². The van der Waals surface area contributed by atoms with Gasteiger partial charge in [0.25, 0.3) is 0 Å². The Balaban J connectivity index is 4.20. The first-order chi connectivity index (χ1) is 7.24. The highest BCUT2D eigenvalue weighted by Crippen LogP contribution is 2.42. The molecule has 1 N–H and O–H groups in total. The van der Waals surface area contributed by atoms with Gasteiger partial charge in [-0.25, -0.2) is 0 Å². The molecular weight excluding hydrogens is 236 g/mol. The van der Waals surface area contributed by atoms with Gasteiger partial charge in [-0.1, -0.05) is 40.0 Å². The van der Waals surface area contributed by atoms with Crippen molar-refractivity contribution in [3.05, 3.63) is 0 Å². The van der Waals surface area contributed by atoms with Gasteiger partial charge in [0.1, 0.15) is 0 Å². The molecular formula is C13H29ClOSi. The van der Waals surface area contributed by atoms with Gasteiger partial charge >= 0.3 is 0 Å². The molecule has 0 aliphatic rings. The van der Waals surface area contributed by atoms with Gasteiger partial charge in [-0.2, -0.15) is 0 Å². The summed E-state index contributed by atoms with van der Waals surface area (Å²) in [4.78, 5) is 10.3. The lowest BCUT2D eigenvalue weighted by Crippen LogP contribution is -2.40. The molecule has 0 amide bonds. The highest BCUT2D eigenvalue weighted by atomic mass is 35.5. The number of hydrogen-bond donors (Lipinski definition) is 1. The predicted octanol–water partition coefficient (Wildman–Crippen LogP) is 4.79. The third-order valence-electron chi connectivity index (χ3n) is 3.89. The maximum atomic E-state index is 10.3. The Morgan fingerprint density at radius 3 is 2.19 bits per heavy atom. The van der Waals surface area contributed by atoms with Crippen molar-refractivity contribution >= 4 is 19.9 Å². The topological polar surface area (TPSA) is 20.2 Å². The molecule has 0 saturated carbocycles. The van der Waals surface area contributed by atoms with Crippen LogP contribution in [0.3, 0.4) is 0 Å². The Morgan fingerprint density at radius 2 is 1.81 bits per heavy atom. The van der Waals surface area contributed by atoms with Crippen molar-refractivity contribution in [1.82, 2.24) is 0 Å². The van der Waals surface area contributed by atoms with E-state index in [1.165, 1.54) is 25.7 Å². The molecule has 0 aromatic heterocycles. The molecule has 0 unspecified atom stereocenters. The molecule has 0 saturated heterocycles. The molecule has 1 atom stereocenters. The Hall–Kier alpha value is 0.467. The first-order valence-electron chi connectivity index (χ1n) is 6.53. The van der Waals surface area contributed by atoms with E-state index in [1.807, 2.05) is 13.1 Å². The predicted molar refractivity (Wildman–Crippen MR) is 76.7 cm³/mol. The van der Waals surface area contributed by atoms with E-state index in [2.05, 4.69) is 20.8 Å². The van der Waals surface area contributed by atoms with Crippen molar-refractivity contribution in [3.8, 4) is 0 Å². The van der Waals surface area contributed by atoms with Gasteiger partial charge < -0.3 is 4.80 Å². The van der Waals surface area contributed by atoms with Crippen LogP contribution < -0.4 is 0 Å². The molecule has 0 aliphatic heterocycles. The molecule has 0 aromatic carbocycles. The SMILES string of the molecule is CCCCC[C@@H](CCl)CC(C)(C)[Si](C)(C)O. The van der Waals surface area contributed by atoms with Crippen molar-refractivity contribution in [1.29, 1.82) is 0 Å². The Kier molecular flexibility index (Phi) is 7.23. The van der Waals surface area contributed by atoms with Gasteiger partial charge in [-0.15, -0.1) is 11.6 Å². The number of rotatable bonds is 8. The number of unbranched alkanes of at least 4 members (excludes halogenated alkanes) is 2. The molecule has 0 aliphatic carbocycles. The van der Waals surface area contributed by atoms with E-state index >= 15 is 0 Å². The smallest absolute Gasteiger partial charge is 0.188 e. The van der Waals surface area contributed by atoms with Crippen LogP contribution in [-0.4, -0.2) is 19.0 Å². The lowest BCUT2D eigenvalue weighted by atomic mass is 9.93. The zero-order valence-electron chi connectivity index (χ0n) is 11.6. The molecule has 0 spiro atoms. The molecule has 1 nitrogen and oxygen atoms in total. The van der Waals surface area contributed by atoms with E-state index in [0.29, 0.717) is 5.92 Å². The molecule has 3 heteroatoms. The van der Waals surface area contributed by atoms with Crippen LogP contribution in [0.2, 0.25) is 18.1 Å². The maximum absolute atomic E-state index is 10.3. The minimum atomic E-state index is -2.07.